The minimum Gasteiger partial charge on any atom is -0.392 e. The number of piperidine rings is 1. The minimum absolute atomic E-state index is 0.198. The predicted molar refractivity (Wildman–Crippen MR) is 89.0 cm³/mol. The number of aromatic nitrogens is 4. The number of likely N-dealkylation sites (tertiary alicyclic amines) is 1. The van der Waals surface area contributed by atoms with Gasteiger partial charge in [0.25, 0.3) is 0 Å². The summed E-state index contributed by atoms with van der Waals surface area (Å²) in [7, 11) is 0. The van der Waals surface area contributed by atoms with Crippen LogP contribution in [0.5, 0.6) is 0 Å². The molecule has 0 amide bonds. The van der Waals surface area contributed by atoms with Gasteiger partial charge in [-0.25, -0.2) is 14.6 Å². The van der Waals surface area contributed by atoms with Gasteiger partial charge in [0.1, 0.15) is 0 Å². The van der Waals surface area contributed by atoms with Gasteiger partial charge in [-0.15, -0.1) is 0 Å². The highest BCUT2D eigenvalue weighted by Crippen LogP contribution is 2.26. The van der Waals surface area contributed by atoms with Gasteiger partial charge in [0.05, 0.1) is 6.10 Å². The number of aliphatic hydroxyl groups excluding tert-OH is 1. The fraction of sp³-hybridized carbons (Fsp3) is 0.733. The minimum atomic E-state index is -0.198. The summed E-state index contributed by atoms with van der Waals surface area (Å²) in [6.07, 6.45) is 4.10. The van der Waals surface area contributed by atoms with Crippen molar-refractivity contribution in [2.45, 2.75) is 31.8 Å². The summed E-state index contributed by atoms with van der Waals surface area (Å²) in [4.78, 5) is 13.6. The molecule has 0 radical (unpaired) electrons. The Balaban J connectivity index is 1.46. The van der Waals surface area contributed by atoms with Crippen molar-refractivity contribution in [3.63, 3.8) is 0 Å². The molecule has 2 aromatic rings. The molecule has 1 atom stereocenters. The normalized spacial score (nSPS) is 22.4. The lowest BCUT2D eigenvalue weighted by Gasteiger charge is -2.30. The molecule has 2 N–H and O–H groups in total. The van der Waals surface area contributed by atoms with E-state index in [1.165, 1.54) is 12.8 Å². The van der Waals surface area contributed by atoms with Crippen LogP contribution in [0.4, 0.5) is 11.6 Å². The Bertz CT molecular complexity index is 686. The molecule has 2 aliphatic rings. The van der Waals surface area contributed by atoms with Crippen LogP contribution in [-0.2, 0) is 0 Å². The zero-order valence-corrected chi connectivity index (χ0v) is 13.7. The molecule has 2 aromatic heterocycles. The highest BCUT2D eigenvalue weighted by molar-refractivity contribution is 5.74. The Hall–Kier alpha value is -2.00. The van der Waals surface area contributed by atoms with Crippen LogP contribution in [0.25, 0.3) is 11.3 Å². The third kappa shape index (κ3) is 3.27. The van der Waals surface area contributed by atoms with Crippen molar-refractivity contribution in [3.8, 4) is 0 Å². The van der Waals surface area contributed by atoms with Crippen molar-refractivity contribution >= 4 is 22.9 Å². The van der Waals surface area contributed by atoms with E-state index in [0.717, 1.165) is 63.7 Å². The largest absolute Gasteiger partial charge is 0.392 e. The lowest BCUT2D eigenvalue weighted by molar-refractivity contribution is 0.0730. The summed E-state index contributed by atoms with van der Waals surface area (Å²) < 4.78 is 4.74. The number of rotatable bonds is 5. The maximum atomic E-state index is 9.76. The van der Waals surface area contributed by atoms with E-state index >= 15 is 0 Å². The number of hydrogen-bond donors (Lipinski definition) is 2. The number of hydrogen-bond acceptors (Lipinski definition) is 9. The molecule has 0 bridgehead atoms. The first-order valence-corrected chi connectivity index (χ1v) is 8.69. The summed E-state index contributed by atoms with van der Waals surface area (Å²) in [6.45, 7) is 5.37. The standard InChI is InChI=1S/C15H23N7O2/c23-11-4-3-6-21(10-11)9-5-16-14-15(22-7-1-2-8-22)18-13-12(17-14)19-24-20-13/h11,23H,1-10H2,(H,16,17,19)/t11-/m0/s1. The average Bonchev–Trinajstić information content (AvgIpc) is 3.25. The van der Waals surface area contributed by atoms with Crippen molar-refractivity contribution in [3.05, 3.63) is 0 Å². The smallest absolute Gasteiger partial charge is 0.245 e. The van der Waals surface area contributed by atoms with Crippen molar-refractivity contribution in [2.24, 2.45) is 0 Å². The van der Waals surface area contributed by atoms with Crippen LogP contribution in [0.15, 0.2) is 4.63 Å². The number of aliphatic hydroxyl groups is 1. The second kappa shape index (κ2) is 6.86. The maximum absolute atomic E-state index is 9.76. The first-order chi connectivity index (χ1) is 11.8. The molecule has 9 heteroatoms. The van der Waals surface area contributed by atoms with Gasteiger partial charge in [-0.1, -0.05) is 0 Å². The Morgan fingerprint density at radius 1 is 1.08 bits per heavy atom. The molecule has 130 valence electrons. The summed E-state index contributed by atoms with van der Waals surface area (Å²) in [5.41, 5.74) is 0.871. The molecular weight excluding hydrogens is 310 g/mol. The predicted octanol–water partition coefficient (Wildman–Crippen LogP) is 0.482. The van der Waals surface area contributed by atoms with E-state index in [1.54, 1.807) is 0 Å². The van der Waals surface area contributed by atoms with E-state index in [4.69, 9.17) is 4.63 Å². The second-order valence-electron chi connectivity index (χ2n) is 6.52. The quantitative estimate of drug-likeness (QED) is 0.808. The molecule has 4 heterocycles. The van der Waals surface area contributed by atoms with Gasteiger partial charge in [-0.05, 0) is 42.5 Å². The molecule has 0 unspecified atom stereocenters. The van der Waals surface area contributed by atoms with Gasteiger partial charge in [-0.2, -0.15) is 0 Å². The number of nitrogens with one attached hydrogen (secondary N) is 1. The molecular formula is C15H23N7O2. The fourth-order valence-electron chi connectivity index (χ4n) is 3.46. The summed E-state index contributed by atoms with van der Waals surface area (Å²) in [5.74, 6) is 1.56. The lowest BCUT2D eigenvalue weighted by atomic mass is 10.1. The van der Waals surface area contributed by atoms with Gasteiger partial charge >= 0.3 is 0 Å². The summed E-state index contributed by atoms with van der Waals surface area (Å²) >= 11 is 0. The first kappa shape index (κ1) is 15.5. The van der Waals surface area contributed by atoms with E-state index < -0.39 is 0 Å². The summed E-state index contributed by atoms with van der Waals surface area (Å²) in [5, 5.41) is 20.7. The molecule has 0 saturated carbocycles. The monoisotopic (exact) mass is 333 g/mol. The van der Waals surface area contributed by atoms with Crippen LogP contribution in [0.1, 0.15) is 25.7 Å². The van der Waals surface area contributed by atoms with Crippen LogP contribution in [0.2, 0.25) is 0 Å². The van der Waals surface area contributed by atoms with Crippen LogP contribution in [0.3, 0.4) is 0 Å². The van der Waals surface area contributed by atoms with Crippen LogP contribution >= 0.6 is 0 Å². The molecule has 2 fully saturated rings. The SMILES string of the molecule is O[C@H]1CCCN(CCNc2nc3nonc3nc2N2CCCC2)C1. The van der Waals surface area contributed by atoms with Crippen molar-refractivity contribution in [1.29, 1.82) is 0 Å². The first-order valence-electron chi connectivity index (χ1n) is 8.69. The molecule has 4 rings (SSSR count). The number of nitrogens with zero attached hydrogens (tertiary/aromatic N) is 6. The van der Waals surface area contributed by atoms with Crippen LogP contribution in [-0.4, -0.2) is 75.7 Å². The Morgan fingerprint density at radius 2 is 1.88 bits per heavy atom. The molecule has 24 heavy (non-hydrogen) atoms. The van der Waals surface area contributed by atoms with Crippen molar-refractivity contribution < 1.29 is 9.74 Å². The lowest BCUT2D eigenvalue weighted by Crippen LogP contribution is -2.40. The number of β-amino-alcohol motifs (C(OH)–C–C–N with tert-alkyl or cyclic N) is 1. The Kier molecular flexibility index (Phi) is 4.44. The van der Waals surface area contributed by atoms with Crippen molar-refractivity contribution in [1.82, 2.24) is 25.2 Å². The van der Waals surface area contributed by atoms with Gasteiger partial charge in [0, 0.05) is 32.7 Å². The topological polar surface area (TPSA) is 103 Å². The van der Waals surface area contributed by atoms with Gasteiger partial charge in [0.2, 0.25) is 11.3 Å². The third-order valence-corrected chi connectivity index (χ3v) is 4.70. The summed E-state index contributed by atoms with van der Waals surface area (Å²) in [6, 6.07) is 0. The van der Waals surface area contributed by atoms with Gasteiger partial charge in [0.15, 0.2) is 11.6 Å². The average molecular weight is 333 g/mol. The highest BCUT2D eigenvalue weighted by atomic mass is 16.6. The molecule has 0 spiro atoms. The molecule has 0 aliphatic carbocycles. The van der Waals surface area contributed by atoms with E-state index in [1.807, 2.05) is 0 Å². The molecule has 0 aromatic carbocycles. The maximum Gasteiger partial charge on any atom is 0.245 e. The van der Waals surface area contributed by atoms with E-state index in [9.17, 15) is 5.11 Å². The Labute approximate surface area is 140 Å². The van der Waals surface area contributed by atoms with Gasteiger partial charge < -0.3 is 15.3 Å². The zero-order valence-electron chi connectivity index (χ0n) is 13.7. The van der Waals surface area contributed by atoms with Gasteiger partial charge in [-0.3, -0.25) is 4.90 Å². The zero-order chi connectivity index (χ0) is 16.4. The van der Waals surface area contributed by atoms with Crippen molar-refractivity contribution in [2.75, 3.05) is 49.5 Å². The fourth-order valence-corrected chi connectivity index (χ4v) is 3.46. The third-order valence-electron chi connectivity index (χ3n) is 4.70. The van der Waals surface area contributed by atoms with E-state index in [0.29, 0.717) is 11.3 Å². The van der Waals surface area contributed by atoms with E-state index in [2.05, 4.69) is 35.4 Å². The number of anilines is 2. The second-order valence-corrected chi connectivity index (χ2v) is 6.52. The highest BCUT2D eigenvalue weighted by Gasteiger charge is 2.22. The van der Waals surface area contributed by atoms with E-state index in [-0.39, 0.29) is 6.10 Å². The Morgan fingerprint density at radius 3 is 2.67 bits per heavy atom. The number of fused-ring (bicyclic) bond motifs is 1. The van der Waals surface area contributed by atoms with Crippen LogP contribution < -0.4 is 10.2 Å². The molecule has 9 nitrogen and oxygen atoms in total. The van der Waals surface area contributed by atoms with Crippen LogP contribution in [0, 0.1) is 0 Å². The molecule has 2 saturated heterocycles. The molecule has 2 aliphatic heterocycles.